The van der Waals surface area contributed by atoms with Crippen LogP contribution in [0.1, 0.15) is 38.5 Å². The fraction of sp³-hybridized carbons (Fsp3) is 1.00. The molecule has 4 fully saturated rings. The lowest BCUT2D eigenvalue weighted by molar-refractivity contribution is -0.0000110. The maximum Gasteiger partial charge on any atom is 0.159 e. The van der Waals surface area contributed by atoms with Gasteiger partial charge in [-0.25, -0.2) is 0 Å². The standard InChI is InChI=1S/C13H24O3P.BrH/c14-7-17(8-15,9-16)13-4-10-1-11(5-13)3-12(2-10)6-13;/h10-12,14-16H,1-9H2;1H/q+1;/p-1. The zero-order chi connectivity index (χ0) is 12.1. The number of hydrogen-bond donors (Lipinski definition) is 3. The number of halogens is 1. The lowest BCUT2D eigenvalue weighted by Crippen LogP contribution is -3.00. The van der Waals surface area contributed by atoms with Gasteiger partial charge in [-0.1, -0.05) is 0 Å². The summed E-state index contributed by atoms with van der Waals surface area (Å²) in [6.45, 7) is 0. The molecule has 4 rings (SSSR count). The second-order valence-corrected chi connectivity index (χ2v) is 10.8. The molecule has 4 aliphatic rings. The van der Waals surface area contributed by atoms with Gasteiger partial charge in [0.1, 0.15) is 0 Å². The second kappa shape index (κ2) is 5.29. The molecule has 0 amide bonds. The molecule has 0 atom stereocenters. The molecule has 0 saturated heterocycles. The molecule has 0 heterocycles. The topological polar surface area (TPSA) is 60.7 Å². The number of aliphatic hydroxyl groups is 3. The van der Waals surface area contributed by atoms with Crippen LogP contribution in [0.15, 0.2) is 0 Å². The maximum absolute atomic E-state index is 9.77. The van der Waals surface area contributed by atoms with E-state index in [2.05, 4.69) is 0 Å². The molecular weight excluding hydrogens is 315 g/mol. The van der Waals surface area contributed by atoms with Gasteiger partial charge < -0.3 is 32.3 Å². The molecule has 18 heavy (non-hydrogen) atoms. The molecule has 0 radical (unpaired) electrons. The highest BCUT2D eigenvalue weighted by molar-refractivity contribution is 7.76. The first-order valence-corrected chi connectivity index (χ1v) is 9.20. The number of aliphatic hydroxyl groups excluding tert-OH is 3. The van der Waals surface area contributed by atoms with E-state index in [1.807, 2.05) is 0 Å². The minimum atomic E-state index is -1.97. The SMILES string of the molecule is OC[P+](CO)(CO)C12CC3CC(CC(C3)C1)C2.[Br-]. The predicted octanol–water partition coefficient (Wildman–Crippen LogP) is -1.17. The normalized spacial score (nSPS) is 41.8. The first kappa shape index (κ1) is 15.2. The Kier molecular flexibility index (Phi) is 4.46. The van der Waals surface area contributed by atoms with Gasteiger partial charge in [-0.2, -0.15) is 0 Å². The summed E-state index contributed by atoms with van der Waals surface area (Å²) < 4.78 is 0. The monoisotopic (exact) mass is 338 g/mol. The Morgan fingerprint density at radius 3 is 1.39 bits per heavy atom. The zero-order valence-electron chi connectivity index (χ0n) is 10.8. The average molecular weight is 339 g/mol. The Morgan fingerprint density at radius 1 is 0.778 bits per heavy atom. The third-order valence-electron chi connectivity index (χ3n) is 5.82. The van der Waals surface area contributed by atoms with Crippen molar-refractivity contribution >= 4 is 7.26 Å². The van der Waals surface area contributed by atoms with Crippen LogP contribution in [0, 0.1) is 17.8 Å². The summed E-state index contributed by atoms with van der Waals surface area (Å²) in [5.74, 6) is 2.43. The molecule has 0 spiro atoms. The van der Waals surface area contributed by atoms with E-state index in [9.17, 15) is 15.3 Å². The molecule has 4 bridgehead atoms. The fourth-order valence-electron chi connectivity index (χ4n) is 5.23. The Hall–Kier alpha value is 0.790. The van der Waals surface area contributed by atoms with E-state index in [4.69, 9.17) is 0 Å². The molecule has 0 aromatic carbocycles. The minimum absolute atomic E-state index is 0. The van der Waals surface area contributed by atoms with Crippen LogP contribution in [0.2, 0.25) is 0 Å². The molecule has 0 aliphatic heterocycles. The van der Waals surface area contributed by atoms with Crippen LogP contribution < -0.4 is 17.0 Å². The third-order valence-corrected chi connectivity index (χ3v) is 10.0. The molecule has 3 nitrogen and oxygen atoms in total. The van der Waals surface area contributed by atoms with Crippen molar-refractivity contribution in [3.63, 3.8) is 0 Å². The van der Waals surface area contributed by atoms with Crippen LogP contribution in [-0.4, -0.2) is 39.5 Å². The van der Waals surface area contributed by atoms with Gasteiger partial charge in [-0.3, -0.25) is 0 Å². The number of hydrogen-bond acceptors (Lipinski definition) is 3. The summed E-state index contributed by atoms with van der Waals surface area (Å²) in [5, 5.41) is 29.4. The second-order valence-electron chi connectivity index (χ2n) is 6.71. The van der Waals surface area contributed by atoms with E-state index in [1.165, 1.54) is 19.3 Å². The summed E-state index contributed by atoms with van der Waals surface area (Å²) in [6.07, 6.45) is 7.67. The van der Waals surface area contributed by atoms with E-state index >= 15 is 0 Å². The van der Waals surface area contributed by atoms with E-state index in [-0.39, 0.29) is 41.2 Å². The van der Waals surface area contributed by atoms with Crippen molar-refractivity contribution in [1.29, 1.82) is 0 Å². The summed E-state index contributed by atoms with van der Waals surface area (Å²) in [7, 11) is -1.97. The highest BCUT2D eigenvalue weighted by Gasteiger charge is 2.65. The average Bonchev–Trinajstić information content (AvgIpc) is 2.29. The van der Waals surface area contributed by atoms with E-state index in [0.717, 1.165) is 37.0 Å². The highest BCUT2D eigenvalue weighted by Crippen LogP contribution is 2.77. The summed E-state index contributed by atoms with van der Waals surface area (Å²) in [5.41, 5.74) is 0. The largest absolute Gasteiger partial charge is 1.00 e. The Bertz CT molecular complexity index is 263. The molecule has 4 aliphatic carbocycles. The molecule has 0 unspecified atom stereocenters. The van der Waals surface area contributed by atoms with Crippen LogP contribution in [0.25, 0.3) is 0 Å². The van der Waals surface area contributed by atoms with Crippen LogP contribution in [0.5, 0.6) is 0 Å². The molecule has 0 aromatic rings. The van der Waals surface area contributed by atoms with Gasteiger partial charge >= 0.3 is 0 Å². The van der Waals surface area contributed by atoms with Gasteiger partial charge in [0.25, 0.3) is 0 Å². The highest BCUT2D eigenvalue weighted by atomic mass is 79.9. The van der Waals surface area contributed by atoms with Crippen molar-refractivity contribution in [2.24, 2.45) is 17.8 Å². The molecule has 5 heteroatoms. The van der Waals surface area contributed by atoms with Gasteiger partial charge in [0.2, 0.25) is 0 Å². The van der Waals surface area contributed by atoms with Crippen molar-refractivity contribution in [2.45, 2.75) is 43.7 Å². The van der Waals surface area contributed by atoms with Gasteiger partial charge in [-0.05, 0) is 56.3 Å². The zero-order valence-corrected chi connectivity index (χ0v) is 13.2. The fourth-order valence-corrected chi connectivity index (χ4v) is 8.33. The predicted molar refractivity (Wildman–Crippen MR) is 69.1 cm³/mol. The van der Waals surface area contributed by atoms with Crippen molar-refractivity contribution < 1.29 is 32.3 Å². The number of rotatable bonds is 4. The van der Waals surface area contributed by atoms with Crippen molar-refractivity contribution in [3.8, 4) is 0 Å². The smallest absolute Gasteiger partial charge is 0.159 e. The van der Waals surface area contributed by atoms with Crippen LogP contribution in [-0.2, 0) is 0 Å². The maximum atomic E-state index is 9.77. The van der Waals surface area contributed by atoms with Crippen molar-refractivity contribution in [1.82, 2.24) is 0 Å². The van der Waals surface area contributed by atoms with Crippen LogP contribution in [0.3, 0.4) is 0 Å². The lowest BCUT2D eigenvalue weighted by Gasteiger charge is -2.58. The Balaban J connectivity index is 0.00000120. The summed E-state index contributed by atoms with van der Waals surface area (Å²) in [4.78, 5) is 0. The van der Waals surface area contributed by atoms with Crippen LogP contribution in [0.4, 0.5) is 0 Å². The van der Waals surface area contributed by atoms with E-state index in [0.29, 0.717) is 0 Å². The van der Waals surface area contributed by atoms with Gasteiger partial charge in [0.05, 0.1) is 12.4 Å². The lowest BCUT2D eigenvalue weighted by atomic mass is 9.56. The summed E-state index contributed by atoms with van der Waals surface area (Å²) in [6, 6.07) is 0. The van der Waals surface area contributed by atoms with E-state index in [1.54, 1.807) is 0 Å². The quantitative estimate of drug-likeness (QED) is 0.566. The third kappa shape index (κ3) is 2.00. The molecule has 3 N–H and O–H groups in total. The van der Waals surface area contributed by atoms with Crippen molar-refractivity contribution in [2.75, 3.05) is 19.0 Å². The molecule has 4 saturated carbocycles. The summed E-state index contributed by atoms with van der Waals surface area (Å²) >= 11 is 0. The Morgan fingerprint density at radius 2 is 1.11 bits per heavy atom. The van der Waals surface area contributed by atoms with E-state index < -0.39 is 7.26 Å². The van der Waals surface area contributed by atoms with Crippen LogP contribution >= 0.6 is 7.26 Å². The van der Waals surface area contributed by atoms with Gasteiger partial charge in [0.15, 0.2) is 19.0 Å². The molecule has 0 aromatic heterocycles. The van der Waals surface area contributed by atoms with Crippen molar-refractivity contribution in [3.05, 3.63) is 0 Å². The Labute approximate surface area is 120 Å². The first-order chi connectivity index (χ1) is 8.17. The molecule has 106 valence electrons. The minimum Gasteiger partial charge on any atom is -1.00 e. The first-order valence-electron chi connectivity index (χ1n) is 6.86. The van der Waals surface area contributed by atoms with Gasteiger partial charge in [-0.15, -0.1) is 0 Å². The van der Waals surface area contributed by atoms with Gasteiger partial charge in [0, 0.05) is 0 Å². The molecular formula is C13H24BrO3P.